The molecule has 2 rings (SSSR count). The third kappa shape index (κ3) is 4.08. The lowest BCUT2D eigenvalue weighted by Gasteiger charge is -2.11. The first-order valence-corrected chi connectivity index (χ1v) is 8.52. The maximum atomic E-state index is 11.0. The molecule has 0 saturated heterocycles. The van der Waals surface area contributed by atoms with Gasteiger partial charge in [0.2, 0.25) is 0 Å². The molecule has 0 aliphatic carbocycles. The number of benzene rings is 2. The van der Waals surface area contributed by atoms with Crippen molar-refractivity contribution in [2.75, 3.05) is 0 Å². The summed E-state index contributed by atoms with van der Waals surface area (Å²) >= 11 is 7.60. The van der Waals surface area contributed by atoms with Crippen molar-refractivity contribution in [1.82, 2.24) is 0 Å². The van der Waals surface area contributed by atoms with Crippen molar-refractivity contribution < 1.29 is 14.6 Å². The summed E-state index contributed by atoms with van der Waals surface area (Å²) in [5.41, 5.74) is 1.32. The van der Waals surface area contributed by atoms with Crippen molar-refractivity contribution in [3.63, 3.8) is 0 Å². The lowest BCUT2D eigenvalue weighted by molar-refractivity contribution is 0.0696. The molecule has 0 aliphatic rings. The molecule has 0 fully saturated rings. The van der Waals surface area contributed by atoms with Gasteiger partial charge in [0.15, 0.2) is 0 Å². The van der Waals surface area contributed by atoms with Crippen LogP contribution in [-0.4, -0.2) is 11.1 Å². The van der Waals surface area contributed by atoms with Crippen LogP contribution in [0, 0.1) is 7.14 Å². The van der Waals surface area contributed by atoms with Crippen LogP contribution in [0.1, 0.15) is 15.9 Å². The fourth-order valence-corrected chi connectivity index (χ4v) is 4.13. The predicted molar refractivity (Wildman–Crippen MR) is 97.3 cm³/mol. The van der Waals surface area contributed by atoms with E-state index in [0.717, 1.165) is 22.9 Å². The van der Waals surface area contributed by atoms with E-state index in [1.165, 1.54) is 0 Å². The number of carboxylic acids is 1. The van der Waals surface area contributed by atoms with Crippen molar-refractivity contribution in [1.29, 1.82) is 0 Å². The molecule has 0 bridgehead atoms. The minimum Gasteiger partial charge on any atom is -0.487 e. The number of ether oxygens (including phenoxy) is 1. The van der Waals surface area contributed by atoms with Gasteiger partial charge in [0.25, 0.3) is 0 Å². The Labute approximate surface area is 152 Å². The minimum atomic E-state index is -0.931. The number of hydrogen-bond donors (Lipinski definition) is 1. The first-order chi connectivity index (χ1) is 9.47. The standard InChI is InChI=1S/C14H9BrI2O3/c15-10-3-1-2-8(4-10)7-20-13-11(16)5-9(14(18)19)6-12(13)17/h1-6H,7H2,(H,18,19). The number of carbonyl (C=O) groups is 1. The molecule has 0 amide bonds. The van der Waals surface area contributed by atoms with E-state index in [4.69, 9.17) is 9.84 Å². The molecule has 0 spiro atoms. The summed E-state index contributed by atoms with van der Waals surface area (Å²) in [6.07, 6.45) is 0. The van der Waals surface area contributed by atoms with Gasteiger partial charge in [-0.2, -0.15) is 0 Å². The normalized spacial score (nSPS) is 10.3. The maximum absolute atomic E-state index is 11.0. The van der Waals surface area contributed by atoms with Crippen molar-refractivity contribution in [2.24, 2.45) is 0 Å². The number of hydrogen-bond acceptors (Lipinski definition) is 2. The molecule has 6 heteroatoms. The Kier molecular flexibility index (Phi) is 5.67. The van der Waals surface area contributed by atoms with Crippen LogP contribution in [0.15, 0.2) is 40.9 Å². The highest BCUT2D eigenvalue weighted by molar-refractivity contribution is 14.1. The van der Waals surface area contributed by atoms with E-state index in [9.17, 15) is 4.79 Å². The summed E-state index contributed by atoms with van der Waals surface area (Å²) < 4.78 is 8.41. The van der Waals surface area contributed by atoms with Gasteiger partial charge < -0.3 is 9.84 Å². The quantitative estimate of drug-likeness (QED) is 0.541. The molecule has 2 aromatic carbocycles. The van der Waals surface area contributed by atoms with Crippen LogP contribution in [0.25, 0.3) is 0 Å². The smallest absolute Gasteiger partial charge is 0.335 e. The Morgan fingerprint density at radius 3 is 2.40 bits per heavy atom. The monoisotopic (exact) mass is 558 g/mol. The molecule has 0 radical (unpaired) electrons. The maximum Gasteiger partial charge on any atom is 0.335 e. The highest BCUT2D eigenvalue weighted by Crippen LogP contribution is 2.30. The van der Waals surface area contributed by atoms with Gasteiger partial charge in [-0.3, -0.25) is 0 Å². The molecule has 1 N–H and O–H groups in total. The van der Waals surface area contributed by atoms with Gasteiger partial charge in [-0.25, -0.2) is 4.79 Å². The van der Waals surface area contributed by atoms with Crippen LogP contribution in [0.4, 0.5) is 0 Å². The Morgan fingerprint density at radius 2 is 1.85 bits per heavy atom. The molecule has 0 aromatic heterocycles. The van der Waals surface area contributed by atoms with Crippen LogP contribution < -0.4 is 4.74 Å². The van der Waals surface area contributed by atoms with Crippen molar-refractivity contribution in [2.45, 2.75) is 6.61 Å². The lowest BCUT2D eigenvalue weighted by Crippen LogP contribution is -2.03. The summed E-state index contributed by atoms with van der Waals surface area (Å²) in [6, 6.07) is 11.1. The topological polar surface area (TPSA) is 46.5 Å². The first-order valence-electron chi connectivity index (χ1n) is 5.57. The van der Waals surface area contributed by atoms with Gasteiger partial charge in [0, 0.05) is 4.47 Å². The fourth-order valence-electron chi connectivity index (χ4n) is 1.60. The van der Waals surface area contributed by atoms with Crippen molar-refractivity contribution >= 4 is 67.1 Å². The molecule has 104 valence electrons. The van der Waals surface area contributed by atoms with Crippen LogP contribution in [-0.2, 0) is 6.61 Å². The van der Waals surface area contributed by atoms with Crippen LogP contribution >= 0.6 is 61.1 Å². The van der Waals surface area contributed by atoms with Gasteiger partial charge in [-0.1, -0.05) is 28.1 Å². The zero-order chi connectivity index (χ0) is 14.7. The van der Waals surface area contributed by atoms with Gasteiger partial charge in [0.1, 0.15) is 12.4 Å². The molecular formula is C14H9BrI2O3. The van der Waals surface area contributed by atoms with E-state index in [-0.39, 0.29) is 5.56 Å². The second kappa shape index (κ2) is 7.08. The van der Waals surface area contributed by atoms with E-state index in [1.54, 1.807) is 12.1 Å². The Bertz CT molecular complexity index is 636. The highest BCUT2D eigenvalue weighted by atomic mass is 127. The SMILES string of the molecule is O=C(O)c1cc(I)c(OCc2cccc(Br)c2)c(I)c1. The first kappa shape index (κ1) is 16.0. The van der Waals surface area contributed by atoms with E-state index in [2.05, 4.69) is 61.1 Å². The zero-order valence-corrected chi connectivity index (χ0v) is 16.0. The summed E-state index contributed by atoms with van der Waals surface area (Å²) in [4.78, 5) is 11.0. The third-order valence-corrected chi connectivity index (χ3v) is 4.61. The van der Waals surface area contributed by atoms with E-state index >= 15 is 0 Å². The van der Waals surface area contributed by atoms with E-state index < -0.39 is 5.97 Å². The zero-order valence-electron chi connectivity index (χ0n) is 10.1. The van der Waals surface area contributed by atoms with Crippen LogP contribution in [0.2, 0.25) is 0 Å². The van der Waals surface area contributed by atoms with Crippen LogP contribution in [0.5, 0.6) is 5.75 Å². The highest BCUT2D eigenvalue weighted by Gasteiger charge is 2.12. The average Bonchev–Trinajstić information content (AvgIpc) is 2.37. The molecular weight excluding hydrogens is 550 g/mol. The molecule has 0 atom stereocenters. The molecule has 2 aromatic rings. The fraction of sp³-hybridized carbons (Fsp3) is 0.0714. The predicted octanol–water partition coefficient (Wildman–Crippen LogP) is 4.94. The summed E-state index contributed by atoms with van der Waals surface area (Å²) in [6.45, 7) is 0.442. The van der Waals surface area contributed by atoms with Crippen molar-refractivity contribution in [3.05, 3.63) is 59.1 Å². The molecule has 3 nitrogen and oxygen atoms in total. The Balaban J connectivity index is 2.20. The molecule has 0 unspecified atom stereocenters. The van der Waals surface area contributed by atoms with Gasteiger partial charge >= 0.3 is 5.97 Å². The second-order valence-electron chi connectivity index (χ2n) is 3.99. The third-order valence-electron chi connectivity index (χ3n) is 2.52. The average molecular weight is 559 g/mol. The Morgan fingerprint density at radius 1 is 1.20 bits per heavy atom. The molecule has 0 saturated carbocycles. The van der Waals surface area contributed by atoms with Gasteiger partial charge in [0.05, 0.1) is 12.7 Å². The molecule has 0 heterocycles. The summed E-state index contributed by atoms with van der Waals surface area (Å²) in [7, 11) is 0. The molecule has 20 heavy (non-hydrogen) atoms. The molecule has 0 aliphatic heterocycles. The van der Waals surface area contributed by atoms with E-state index in [0.29, 0.717) is 6.61 Å². The minimum absolute atomic E-state index is 0.272. The van der Waals surface area contributed by atoms with Crippen molar-refractivity contribution in [3.8, 4) is 5.75 Å². The lowest BCUT2D eigenvalue weighted by atomic mass is 10.2. The van der Waals surface area contributed by atoms with Crippen LogP contribution in [0.3, 0.4) is 0 Å². The van der Waals surface area contributed by atoms with Gasteiger partial charge in [-0.15, -0.1) is 0 Å². The summed E-state index contributed by atoms with van der Waals surface area (Å²) in [5, 5.41) is 9.01. The number of halogens is 3. The van der Waals surface area contributed by atoms with E-state index in [1.807, 2.05) is 24.3 Å². The number of rotatable bonds is 4. The largest absolute Gasteiger partial charge is 0.487 e. The van der Waals surface area contributed by atoms with Gasteiger partial charge in [-0.05, 0) is 75.0 Å². The second-order valence-corrected chi connectivity index (χ2v) is 7.23. The number of aromatic carboxylic acids is 1. The number of carboxylic acid groups (broad SMARTS) is 1. The summed E-state index contributed by atoms with van der Waals surface area (Å²) in [5.74, 6) is -0.212. The Hall–Kier alpha value is -0.350.